The van der Waals surface area contributed by atoms with E-state index in [1.165, 1.54) is 0 Å². The van der Waals surface area contributed by atoms with E-state index in [0.717, 1.165) is 66.8 Å². The first-order valence-electron chi connectivity index (χ1n) is 22.5. The Balaban J connectivity index is 2.74. The number of aromatic hydroxyl groups is 4. The van der Waals surface area contributed by atoms with Crippen LogP contribution in [0.5, 0.6) is 23.0 Å². The Bertz CT molecular complexity index is 1820. The Labute approximate surface area is 372 Å². The summed E-state index contributed by atoms with van der Waals surface area (Å²) < 4.78 is 0. The van der Waals surface area contributed by atoms with Gasteiger partial charge in [0.25, 0.3) is 0 Å². The molecule has 0 spiro atoms. The summed E-state index contributed by atoms with van der Waals surface area (Å²) in [4.78, 5) is 0. The van der Waals surface area contributed by atoms with Crippen LogP contribution in [-0.2, 0) is 48.7 Å². The molecule has 0 aliphatic rings. The van der Waals surface area contributed by atoms with Crippen LogP contribution < -0.4 is 0 Å². The van der Waals surface area contributed by atoms with Crippen molar-refractivity contribution in [1.82, 2.24) is 0 Å². The number of phenols is 4. The van der Waals surface area contributed by atoms with Gasteiger partial charge in [-0.3, -0.25) is 0 Å². The summed E-state index contributed by atoms with van der Waals surface area (Å²) in [5.74, 6) is 1.17. The van der Waals surface area contributed by atoms with Gasteiger partial charge in [0.15, 0.2) is 0 Å². The molecule has 0 atom stereocenters. The van der Waals surface area contributed by atoms with Crippen molar-refractivity contribution in [1.29, 1.82) is 0 Å². The predicted octanol–water partition coefficient (Wildman–Crippen LogP) is 15.3. The van der Waals surface area contributed by atoms with Crippen LogP contribution in [0, 0.1) is 0 Å². The zero-order valence-electron chi connectivity index (χ0n) is 42.9. The highest BCUT2D eigenvalue weighted by Crippen LogP contribution is 2.56. The molecule has 0 aromatic heterocycles. The molecule has 4 aromatic rings. The van der Waals surface area contributed by atoms with Gasteiger partial charge in [0.1, 0.15) is 23.0 Å². The number of benzene rings is 4. The lowest BCUT2D eigenvalue weighted by molar-refractivity contribution is 0.420. The van der Waals surface area contributed by atoms with Crippen molar-refractivity contribution in [2.45, 2.75) is 215 Å². The summed E-state index contributed by atoms with van der Waals surface area (Å²) in [6.45, 7) is 51.7. The van der Waals surface area contributed by atoms with Crippen LogP contribution in [0.4, 0.5) is 0 Å². The van der Waals surface area contributed by atoms with Crippen LogP contribution in [0.15, 0.2) is 48.5 Å². The van der Waals surface area contributed by atoms with E-state index in [2.05, 4.69) is 215 Å². The number of rotatable bonds is 4. The third kappa shape index (κ3) is 9.40. The topological polar surface area (TPSA) is 80.9 Å². The molecule has 0 aliphatic heterocycles. The van der Waals surface area contributed by atoms with Crippen molar-refractivity contribution < 1.29 is 20.4 Å². The molecule has 4 aromatic carbocycles. The fourth-order valence-corrected chi connectivity index (χ4v) is 8.98. The normalized spacial score (nSPS) is 14.2. The Hall–Kier alpha value is -3.92. The van der Waals surface area contributed by atoms with Gasteiger partial charge in [-0.15, -0.1) is 0 Å². The molecule has 4 heteroatoms. The minimum Gasteiger partial charge on any atom is -0.507 e. The molecule has 0 amide bonds. The van der Waals surface area contributed by atoms with Gasteiger partial charge in [-0.2, -0.15) is 0 Å². The highest BCUT2D eigenvalue weighted by Gasteiger charge is 2.46. The summed E-state index contributed by atoms with van der Waals surface area (Å²) >= 11 is 0. The van der Waals surface area contributed by atoms with Crippen LogP contribution in [-0.4, -0.2) is 20.4 Å². The van der Waals surface area contributed by atoms with Crippen molar-refractivity contribution in [2.75, 3.05) is 0 Å². The molecule has 0 saturated heterocycles. The average molecular weight is 833 g/mol. The fourth-order valence-electron chi connectivity index (χ4n) is 8.98. The molecule has 0 unspecified atom stereocenters. The third-order valence-corrected chi connectivity index (χ3v) is 12.6. The summed E-state index contributed by atoms with van der Waals surface area (Å²) in [5, 5.41) is 49.5. The largest absolute Gasteiger partial charge is 0.507 e. The van der Waals surface area contributed by atoms with Crippen LogP contribution in [0.2, 0.25) is 0 Å². The first kappa shape index (κ1) is 49.7. The van der Waals surface area contributed by atoms with Crippen LogP contribution in [0.3, 0.4) is 0 Å². The molecule has 0 bridgehead atoms. The number of hydrogen-bond acceptors (Lipinski definition) is 4. The Morgan fingerprint density at radius 3 is 0.393 bits per heavy atom. The first-order valence-corrected chi connectivity index (χ1v) is 22.5. The maximum Gasteiger partial charge on any atom is 0.123 e. The van der Waals surface area contributed by atoms with Crippen molar-refractivity contribution in [3.63, 3.8) is 0 Å². The Kier molecular flexibility index (Phi) is 12.3. The van der Waals surface area contributed by atoms with Crippen molar-refractivity contribution in [3.8, 4) is 23.0 Å². The van der Waals surface area contributed by atoms with Gasteiger partial charge in [0.05, 0.1) is 5.41 Å². The molecular formula is C57H84O4. The van der Waals surface area contributed by atoms with Crippen LogP contribution >= 0.6 is 0 Å². The molecular weight excluding hydrogens is 749 g/mol. The first-order chi connectivity index (χ1) is 27.0. The van der Waals surface area contributed by atoms with E-state index in [1.54, 1.807) is 0 Å². The SMILES string of the molecule is CC(C)(C)c1cc(C(c2cc(C(C)(C)C)c(O)c(C(C)(C)C)c2)(c2cc(C(C)(C)C)c(O)c(C(C)(C)C)c2)c2cc(C(C)(C)C)c(O)c(C(C)(C)C)c2)cc(C(C)(C)C)c1O. The third-order valence-electron chi connectivity index (χ3n) is 12.6. The molecule has 0 saturated carbocycles. The lowest BCUT2D eigenvalue weighted by atomic mass is 9.59. The molecule has 336 valence electrons. The zero-order valence-corrected chi connectivity index (χ0v) is 42.9. The standard InChI is InChI=1S/C57H84O4/c1-49(2,3)37-25-33(26-38(45(37)58)50(4,5)6)57(34-27-39(51(7,8)9)46(59)40(28-34)52(10,11)12,35-29-41(53(13,14)15)47(60)42(30-35)54(16,17)18)36-31-43(55(19,20)21)48(61)44(32-36)56(22,23)24/h25-32,58-61H,1-24H3. The molecule has 4 nitrogen and oxygen atoms in total. The number of hydrogen-bond donors (Lipinski definition) is 4. The number of phenolic OH excluding ortho intramolecular Hbond substituents is 4. The summed E-state index contributed by atoms with van der Waals surface area (Å²) in [7, 11) is 0. The van der Waals surface area contributed by atoms with E-state index >= 15 is 0 Å². The zero-order chi connectivity index (χ0) is 47.4. The second-order valence-corrected chi connectivity index (χ2v) is 26.4. The van der Waals surface area contributed by atoms with Crippen molar-refractivity contribution in [3.05, 3.63) is 115 Å². The summed E-state index contributed by atoms with van der Waals surface area (Å²) in [5.41, 5.74) is 5.81. The van der Waals surface area contributed by atoms with Crippen molar-refractivity contribution in [2.24, 2.45) is 0 Å². The minimum absolute atomic E-state index is 0.294. The van der Waals surface area contributed by atoms with Gasteiger partial charge in [-0.25, -0.2) is 0 Å². The average Bonchev–Trinajstić information content (AvgIpc) is 3.02. The minimum atomic E-state index is -1.14. The van der Waals surface area contributed by atoms with Gasteiger partial charge >= 0.3 is 0 Å². The molecule has 61 heavy (non-hydrogen) atoms. The lowest BCUT2D eigenvalue weighted by Crippen LogP contribution is -2.35. The molecule has 4 N–H and O–H groups in total. The van der Waals surface area contributed by atoms with Crippen molar-refractivity contribution >= 4 is 0 Å². The quantitative estimate of drug-likeness (QED) is 0.154. The van der Waals surface area contributed by atoms with E-state index in [1.807, 2.05) is 0 Å². The van der Waals surface area contributed by atoms with Gasteiger partial charge in [-0.05, 0) is 159 Å². The second-order valence-electron chi connectivity index (χ2n) is 26.4. The van der Waals surface area contributed by atoms with Gasteiger partial charge in [-0.1, -0.05) is 166 Å². The highest BCUT2D eigenvalue weighted by molar-refractivity contribution is 5.70. The van der Waals surface area contributed by atoms with E-state index < -0.39 is 48.7 Å². The van der Waals surface area contributed by atoms with E-state index in [4.69, 9.17) is 0 Å². The van der Waals surface area contributed by atoms with E-state index in [0.29, 0.717) is 23.0 Å². The lowest BCUT2D eigenvalue weighted by Gasteiger charge is -2.43. The second kappa shape index (κ2) is 15.1. The highest BCUT2D eigenvalue weighted by atomic mass is 16.3. The molecule has 0 radical (unpaired) electrons. The summed E-state index contributed by atoms with van der Waals surface area (Å²) in [6.07, 6.45) is 0. The molecule has 4 rings (SSSR count). The Morgan fingerprint density at radius 2 is 0.311 bits per heavy atom. The summed E-state index contributed by atoms with van der Waals surface area (Å²) in [6, 6.07) is 17.7. The molecule has 0 aliphatic carbocycles. The molecule has 0 fully saturated rings. The predicted molar refractivity (Wildman–Crippen MR) is 261 cm³/mol. The van der Waals surface area contributed by atoms with Crippen LogP contribution in [0.25, 0.3) is 0 Å². The monoisotopic (exact) mass is 833 g/mol. The van der Waals surface area contributed by atoms with E-state index in [-0.39, 0.29) is 0 Å². The van der Waals surface area contributed by atoms with Crippen LogP contribution in [0.1, 0.15) is 233 Å². The fraction of sp³-hybridized carbons (Fsp3) is 0.579. The van der Waals surface area contributed by atoms with Gasteiger partial charge in [0, 0.05) is 0 Å². The maximum atomic E-state index is 12.4. The van der Waals surface area contributed by atoms with E-state index in [9.17, 15) is 20.4 Å². The van der Waals surface area contributed by atoms with Gasteiger partial charge in [0.2, 0.25) is 0 Å². The Morgan fingerprint density at radius 1 is 0.213 bits per heavy atom. The maximum absolute atomic E-state index is 12.4. The molecule has 0 heterocycles. The smallest absolute Gasteiger partial charge is 0.123 e. The van der Waals surface area contributed by atoms with Gasteiger partial charge < -0.3 is 20.4 Å².